The van der Waals surface area contributed by atoms with Crippen LogP contribution >= 0.6 is 15.9 Å². The quantitative estimate of drug-likeness (QED) is 0.593. The van der Waals surface area contributed by atoms with E-state index < -0.39 is 0 Å². The van der Waals surface area contributed by atoms with E-state index in [4.69, 9.17) is 11.1 Å². The summed E-state index contributed by atoms with van der Waals surface area (Å²) in [5.41, 5.74) is 8.18. The third-order valence-corrected chi connectivity index (χ3v) is 3.43. The summed E-state index contributed by atoms with van der Waals surface area (Å²) < 4.78 is 0. The second kappa shape index (κ2) is 6.29. The average molecular weight is 333 g/mol. The first-order valence-electron chi connectivity index (χ1n) is 5.87. The molecule has 20 heavy (non-hydrogen) atoms. The minimum atomic E-state index is -0.250. The van der Waals surface area contributed by atoms with E-state index >= 15 is 0 Å². The van der Waals surface area contributed by atoms with Gasteiger partial charge in [0.25, 0.3) is 5.91 Å². The lowest BCUT2D eigenvalue weighted by atomic mass is 10.1. The van der Waals surface area contributed by atoms with E-state index in [1.54, 1.807) is 18.2 Å². The molecule has 0 saturated heterocycles. The summed E-state index contributed by atoms with van der Waals surface area (Å²) >= 11 is 3.35. The van der Waals surface area contributed by atoms with Crippen molar-refractivity contribution in [2.24, 2.45) is 0 Å². The van der Waals surface area contributed by atoms with Crippen LogP contribution in [0.2, 0.25) is 0 Å². The van der Waals surface area contributed by atoms with E-state index in [9.17, 15) is 4.79 Å². The lowest BCUT2D eigenvalue weighted by molar-refractivity contribution is 0.102. The Hall–Kier alpha value is -2.21. The molecule has 0 aliphatic carbocycles. The zero-order valence-corrected chi connectivity index (χ0v) is 12.1. The van der Waals surface area contributed by atoms with Gasteiger partial charge in [-0.3, -0.25) is 4.79 Å². The number of carbonyl (C=O) groups excluding carboxylic acids is 1. The highest BCUT2D eigenvalue weighted by Gasteiger charge is 2.10. The summed E-state index contributed by atoms with van der Waals surface area (Å²) in [6.45, 7) is 0. The number of amides is 1. The molecule has 0 radical (unpaired) electrons. The van der Waals surface area contributed by atoms with E-state index in [1.165, 1.54) is 6.20 Å². The Bertz CT molecular complexity index is 640. The lowest BCUT2D eigenvalue weighted by Crippen LogP contribution is -2.14. The lowest BCUT2D eigenvalue weighted by Gasteiger charge is -2.09. The molecule has 2 rings (SSSR count). The van der Waals surface area contributed by atoms with E-state index in [2.05, 4.69) is 26.2 Å². The summed E-state index contributed by atoms with van der Waals surface area (Å²) in [7, 11) is 0. The topological polar surface area (TPSA) is 91.9 Å². The number of pyridine rings is 1. The van der Waals surface area contributed by atoms with Gasteiger partial charge in [0.2, 0.25) is 0 Å². The number of alkyl halides is 1. The molecule has 0 spiro atoms. The number of nitrogens with one attached hydrogen (secondary N) is 2. The van der Waals surface area contributed by atoms with Crippen molar-refractivity contribution >= 4 is 39.6 Å². The minimum absolute atomic E-state index is 0.215. The van der Waals surface area contributed by atoms with E-state index in [0.717, 1.165) is 17.1 Å². The molecule has 1 aromatic carbocycles. The maximum absolute atomic E-state index is 12.1. The highest BCUT2D eigenvalue weighted by atomic mass is 79.9. The van der Waals surface area contributed by atoms with Crippen LogP contribution < -0.4 is 11.1 Å². The largest absolute Gasteiger partial charge is 0.383 e. The molecule has 1 aromatic heterocycles. The molecule has 6 heteroatoms. The molecule has 5 nitrogen and oxygen atoms in total. The van der Waals surface area contributed by atoms with Crippen LogP contribution in [0.15, 0.2) is 36.5 Å². The molecule has 0 aliphatic rings. The third-order valence-electron chi connectivity index (χ3n) is 2.78. The summed E-state index contributed by atoms with van der Waals surface area (Å²) in [4.78, 5) is 16.0. The van der Waals surface area contributed by atoms with E-state index in [-0.39, 0.29) is 11.7 Å². The Morgan fingerprint density at radius 2 is 2.05 bits per heavy atom. The number of hydrogen-bond donors (Lipinski definition) is 3. The van der Waals surface area contributed by atoms with Crippen LogP contribution in [0.5, 0.6) is 0 Å². The summed E-state index contributed by atoms with van der Waals surface area (Å²) in [5.74, 6) is -0.0349. The molecule has 2 aromatic rings. The van der Waals surface area contributed by atoms with Gasteiger partial charge in [0.1, 0.15) is 5.82 Å². The van der Waals surface area contributed by atoms with Crippen molar-refractivity contribution in [2.45, 2.75) is 5.33 Å². The van der Waals surface area contributed by atoms with E-state index in [0.29, 0.717) is 16.8 Å². The number of anilines is 2. The van der Waals surface area contributed by atoms with Crippen molar-refractivity contribution in [2.75, 3.05) is 11.1 Å². The second-order valence-corrected chi connectivity index (χ2v) is 4.65. The molecule has 0 bridgehead atoms. The number of rotatable bonds is 4. The van der Waals surface area contributed by atoms with Gasteiger partial charge in [-0.15, -0.1) is 0 Å². The molecular weight excluding hydrogens is 320 g/mol. The monoisotopic (exact) mass is 332 g/mol. The zero-order chi connectivity index (χ0) is 14.5. The van der Waals surface area contributed by atoms with Gasteiger partial charge >= 0.3 is 0 Å². The molecule has 0 unspecified atom stereocenters. The molecule has 102 valence electrons. The maximum atomic E-state index is 12.1. The van der Waals surface area contributed by atoms with Gasteiger partial charge in [-0.05, 0) is 23.8 Å². The van der Waals surface area contributed by atoms with Gasteiger partial charge in [0.05, 0.1) is 11.3 Å². The number of nitrogens with two attached hydrogens (primary N) is 1. The van der Waals surface area contributed by atoms with Crippen molar-refractivity contribution in [3.8, 4) is 0 Å². The van der Waals surface area contributed by atoms with Gasteiger partial charge in [0, 0.05) is 23.3 Å². The maximum Gasteiger partial charge on any atom is 0.255 e. The number of benzene rings is 1. The van der Waals surface area contributed by atoms with Crippen LogP contribution in [0.25, 0.3) is 0 Å². The average Bonchev–Trinajstić information content (AvgIpc) is 2.47. The molecule has 0 atom stereocenters. The van der Waals surface area contributed by atoms with Crippen LogP contribution in [0, 0.1) is 5.41 Å². The number of halogens is 1. The highest BCUT2D eigenvalue weighted by Crippen LogP contribution is 2.18. The number of aromatic nitrogens is 1. The number of nitrogen functional groups attached to an aromatic ring is 1. The first-order valence-corrected chi connectivity index (χ1v) is 6.99. The summed E-state index contributed by atoms with van der Waals surface area (Å²) in [5, 5.41) is 10.8. The molecule has 0 saturated carbocycles. The number of hydrogen-bond acceptors (Lipinski definition) is 4. The van der Waals surface area contributed by atoms with Crippen LogP contribution in [0.1, 0.15) is 21.5 Å². The fraction of sp³-hybridized carbons (Fsp3) is 0.0714. The Morgan fingerprint density at radius 3 is 2.65 bits per heavy atom. The normalized spacial score (nSPS) is 10.1. The van der Waals surface area contributed by atoms with Crippen molar-refractivity contribution in [1.82, 2.24) is 4.98 Å². The third kappa shape index (κ3) is 3.03. The fourth-order valence-corrected chi connectivity index (χ4v) is 2.06. The molecular formula is C14H13BrN4O. The van der Waals surface area contributed by atoms with Crippen molar-refractivity contribution in [3.63, 3.8) is 0 Å². The molecule has 1 amide bonds. The standard InChI is InChI=1S/C14H13BrN4O/c15-7-9-1-3-10(4-2-9)14(20)19-12-5-6-18-13(17)11(12)8-16/h1-6,8,16H,7H2,(H3,17,18,19,20). The van der Waals surface area contributed by atoms with Gasteiger partial charge in [0.15, 0.2) is 0 Å². The van der Waals surface area contributed by atoms with Crippen LogP contribution in [0.3, 0.4) is 0 Å². The molecule has 4 N–H and O–H groups in total. The molecule has 0 fully saturated rings. The fourth-order valence-electron chi connectivity index (χ4n) is 1.69. The summed E-state index contributed by atoms with van der Waals surface area (Å²) in [6, 6.07) is 8.87. The Kier molecular flexibility index (Phi) is 4.47. The molecule has 0 aliphatic heterocycles. The first kappa shape index (κ1) is 14.2. The predicted molar refractivity (Wildman–Crippen MR) is 83.6 cm³/mol. The van der Waals surface area contributed by atoms with Gasteiger partial charge in [-0.1, -0.05) is 28.1 Å². The number of nitrogens with zero attached hydrogens (tertiary/aromatic N) is 1. The predicted octanol–water partition coefficient (Wildman–Crippen LogP) is 2.81. The van der Waals surface area contributed by atoms with E-state index in [1.807, 2.05) is 12.1 Å². The van der Waals surface area contributed by atoms with Gasteiger partial charge in [-0.25, -0.2) is 4.98 Å². The smallest absolute Gasteiger partial charge is 0.255 e. The molecule has 1 heterocycles. The Morgan fingerprint density at radius 1 is 1.35 bits per heavy atom. The first-order chi connectivity index (χ1) is 9.65. The van der Waals surface area contributed by atoms with Crippen LogP contribution in [-0.2, 0) is 5.33 Å². The second-order valence-electron chi connectivity index (χ2n) is 4.09. The SMILES string of the molecule is N=Cc1c(NC(=O)c2ccc(CBr)cc2)ccnc1N. The van der Waals surface area contributed by atoms with Crippen molar-refractivity contribution < 1.29 is 4.79 Å². The highest BCUT2D eigenvalue weighted by molar-refractivity contribution is 9.08. The van der Waals surface area contributed by atoms with Crippen molar-refractivity contribution in [1.29, 1.82) is 5.41 Å². The Labute approximate surface area is 124 Å². The van der Waals surface area contributed by atoms with Crippen molar-refractivity contribution in [3.05, 3.63) is 53.2 Å². The van der Waals surface area contributed by atoms with Gasteiger partial charge < -0.3 is 16.5 Å². The zero-order valence-electron chi connectivity index (χ0n) is 10.6. The van der Waals surface area contributed by atoms with Gasteiger partial charge in [-0.2, -0.15) is 0 Å². The number of carbonyl (C=O) groups is 1. The Balaban J connectivity index is 2.23. The minimum Gasteiger partial charge on any atom is -0.383 e. The van der Waals surface area contributed by atoms with Crippen LogP contribution in [0.4, 0.5) is 11.5 Å². The summed E-state index contributed by atoms with van der Waals surface area (Å²) in [6.07, 6.45) is 2.57. The van der Waals surface area contributed by atoms with Crippen LogP contribution in [-0.4, -0.2) is 17.1 Å².